The second kappa shape index (κ2) is 8.19. The molecule has 2 heterocycles. The van der Waals surface area contributed by atoms with Crippen molar-refractivity contribution in [3.8, 4) is 0 Å². The first-order valence-electron chi connectivity index (χ1n) is 8.57. The van der Waals surface area contributed by atoms with Crippen LogP contribution in [0.2, 0.25) is 5.02 Å². The summed E-state index contributed by atoms with van der Waals surface area (Å²) in [6, 6.07) is 11.0. The Bertz CT molecular complexity index is 794. The molecule has 2 aromatic rings. The number of nitrogens with zero attached hydrogens (tertiary/aromatic N) is 3. The summed E-state index contributed by atoms with van der Waals surface area (Å²) in [5.41, 5.74) is 1.79. The lowest BCUT2D eigenvalue weighted by atomic mass is 10.2. The molecule has 0 spiro atoms. The van der Waals surface area contributed by atoms with Gasteiger partial charge in [0.25, 0.3) is 11.8 Å². The van der Waals surface area contributed by atoms with E-state index in [1.54, 1.807) is 19.2 Å². The van der Waals surface area contributed by atoms with Crippen LogP contribution in [0.25, 0.3) is 0 Å². The summed E-state index contributed by atoms with van der Waals surface area (Å²) in [4.78, 5) is 32.4. The quantitative estimate of drug-likeness (QED) is 0.898. The Labute approximate surface area is 157 Å². The van der Waals surface area contributed by atoms with Gasteiger partial charge in [0, 0.05) is 39.4 Å². The van der Waals surface area contributed by atoms with Gasteiger partial charge in [-0.3, -0.25) is 14.6 Å². The standard InChI is InChI=1S/C19H21ClN4O2/c1-21-18(25)16-8-7-14(13-22-16)19(26)24-10-4-9-23(11-12-24)17-6-3-2-5-15(17)20/h2-3,5-8,13H,4,9-12H2,1H3,(H,21,25). The molecular formula is C19H21ClN4O2. The van der Waals surface area contributed by atoms with Crippen LogP contribution in [-0.2, 0) is 0 Å². The summed E-state index contributed by atoms with van der Waals surface area (Å²) in [6.45, 7) is 2.86. The monoisotopic (exact) mass is 372 g/mol. The number of anilines is 1. The smallest absolute Gasteiger partial charge is 0.269 e. The maximum atomic E-state index is 12.8. The largest absolute Gasteiger partial charge is 0.368 e. The van der Waals surface area contributed by atoms with E-state index in [2.05, 4.69) is 15.2 Å². The van der Waals surface area contributed by atoms with Crippen LogP contribution in [-0.4, -0.2) is 54.9 Å². The average Bonchev–Trinajstić information content (AvgIpc) is 2.93. The Balaban J connectivity index is 1.68. The van der Waals surface area contributed by atoms with Gasteiger partial charge in [-0.15, -0.1) is 0 Å². The fourth-order valence-electron chi connectivity index (χ4n) is 3.03. The van der Waals surface area contributed by atoms with E-state index in [9.17, 15) is 9.59 Å². The molecule has 1 N–H and O–H groups in total. The molecule has 1 aliphatic rings. The van der Waals surface area contributed by atoms with Gasteiger partial charge in [0.1, 0.15) is 5.69 Å². The number of carbonyl (C=O) groups excluding carboxylic acids is 2. The SMILES string of the molecule is CNC(=O)c1ccc(C(=O)N2CCCN(c3ccccc3Cl)CC2)cn1. The summed E-state index contributed by atoms with van der Waals surface area (Å²) >= 11 is 6.29. The lowest BCUT2D eigenvalue weighted by Crippen LogP contribution is -2.35. The van der Waals surface area contributed by atoms with Crippen molar-refractivity contribution < 1.29 is 9.59 Å². The third kappa shape index (κ3) is 3.96. The van der Waals surface area contributed by atoms with Crippen molar-refractivity contribution in [3.05, 3.63) is 58.9 Å². The van der Waals surface area contributed by atoms with Gasteiger partial charge >= 0.3 is 0 Å². The molecule has 0 aliphatic carbocycles. The molecule has 0 atom stereocenters. The predicted molar refractivity (Wildman–Crippen MR) is 102 cm³/mol. The number of halogens is 1. The van der Waals surface area contributed by atoms with Gasteiger partial charge in [0.15, 0.2) is 0 Å². The molecule has 2 amide bonds. The van der Waals surface area contributed by atoms with Crippen molar-refractivity contribution in [1.29, 1.82) is 0 Å². The van der Waals surface area contributed by atoms with Gasteiger partial charge in [-0.1, -0.05) is 23.7 Å². The number of aromatic nitrogens is 1. The number of para-hydroxylation sites is 1. The molecule has 0 bridgehead atoms. The number of amides is 2. The molecule has 1 fully saturated rings. The first-order chi connectivity index (χ1) is 12.6. The lowest BCUT2D eigenvalue weighted by Gasteiger charge is -2.24. The van der Waals surface area contributed by atoms with E-state index in [4.69, 9.17) is 11.6 Å². The van der Waals surface area contributed by atoms with Crippen molar-refractivity contribution in [2.75, 3.05) is 38.1 Å². The summed E-state index contributed by atoms with van der Waals surface area (Å²) in [5, 5.41) is 3.24. The van der Waals surface area contributed by atoms with Gasteiger partial charge in [0.05, 0.1) is 16.3 Å². The minimum absolute atomic E-state index is 0.0676. The fourth-order valence-corrected chi connectivity index (χ4v) is 3.29. The van der Waals surface area contributed by atoms with Crippen LogP contribution in [0.15, 0.2) is 42.6 Å². The molecule has 1 aliphatic heterocycles. The highest BCUT2D eigenvalue weighted by molar-refractivity contribution is 6.33. The molecule has 3 rings (SSSR count). The number of carbonyl (C=O) groups is 2. The van der Waals surface area contributed by atoms with E-state index in [1.807, 2.05) is 29.2 Å². The topological polar surface area (TPSA) is 65.5 Å². The minimum Gasteiger partial charge on any atom is -0.368 e. The normalized spacial score (nSPS) is 14.7. The Morgan fingerprint density at radius 2 is 1.88 bits per heavy atom. The molecule has 0 radical (unpaired) electrons. The first-order valence-corrected chi connectivity index (χ1v) is 8.95. The molecular weight excluding hydrogens is 352 g/mol. The van der Waals surface area contributed by atoms with Crippen LogP contribution in [0.1, 0.15) is 27.3 Å². The Hall–Kier alpha value is -2.60. The van der Waals surface area contributed by atoms with E-state index in [-0.39, 0.29) is 11.8 Å². The number of hydrogen-bond donors (Lipinski definition) is 1. The number of hydrogen-bond acceptors (Lipinski definition) is 4. The summed E-state index contributed by atoms with van der Waals surface area (Å²) in [7, 11) is 1.55. The number of rotatable bonds is 3. The summed E-state index contributed by atoms with van der Waals surface area (Å²) in [5.74, 6) is -0.337. The van der Waals surface area contributed by atoms with Crippen LogP contribution >= 0.6 is 11.6 Å². The Morgan fingerprint density at radius 3 is 2.58 bits per heavy atom. The number of benzene rings is 1. The molecule has 6 nitrogen and oxygen atoms in total. The number of pyridine rings is 1. The zero-order valence-electron chi connectivity index (χ0n) is 14.6. The molecule has 1 aromatic carbocycles. The van der Waals surface area contributed by atoms with E-state index in [0.29, 0.717) is 24.3 Å². The third-order valence-electron chi connectivity index (χ3n) is 4.45. The van der Waals surface area contributed by atoms with Crippen molar-refractivity contribution in [3.63, 3.8) is 0 Å². The van der Waals surface area contributed by atoms with Gasteiger partial charge in [-0.2, -0.15) is 0 Å². The third-order valence-corrected chi connectivity index (χ3v) is 4.77. The highest BCUT2D eigenvalue weighted by atomic mass is 35.5. The van der Waals surface area contributed by atoms with Crippen molar-refractivity contribution in [2.45, 2.75) is 6.42 Å². The summed E-state index contributed by atoms with van der Waals surface area (Å²) in [6.07, 6.45) is 2.32. The maximum Gasteiger partial charge on any atom is 0.269 e. The fraction of sp³-hybridized carbons (Fsp3) is 0.316. The maximum absolute atomic E-state index is 12.8. The predicted octanol–water partition coefficient (Wildman–Crippen LogP) is 2.45. The van der Waals surface area contributed by atoms with Crippen LogP contribution in [0.3, 0.4) is 0 Å². The summed E-state index contributed by atoms with van der Waals surface area (Å²) < 4.78 is 0. The molecule has 7 heteroatoms. The van der Waals surface area contributed by atoms with Crippen LogP contribution in [0.5, 0.6) is 0 Å². The van der Waals surface area contributed by atoms with Crippen molar-refractivity contribution >= 4 is 29.1 Å². The van der Waals surface area contributed by atoms with Crippen molar-refractivity contribution in [2.24, 2.45) is 0 Å². The van der Waals surface area contributed by atoms with E-state index >= 15 is 0 Å². The van der Waals surface area contributed by atoms with Gasteiger partial charge in [-0.25, -0.2) is 0 Å². The van der Waals surface area contributed by atoms with Gasteiger partial charge < -0.3 is 15.1 Å². The zero-order chi connectivity index (χ0) is 18.5. The molecule has 0 unspecified atom stereocenters. The van der Waals surface area contributed by atoms with Crippen molar-refractivity contribution in [1.82, 2.24) is 15.2 Å². The molecule has 26 heavy (non-hydrogen) atoms. The molecule has 136 valence electrons. The second-order valence-electron chi connectivity index (χ2n) is 6.10. The first kappa shape index (κ1) is 18.2. The van der Waals surface area contributed by atoms with E-state index in [1.165, 1.54) is 6.20 Å². The Morgan fingerprint density at radius 1 is 1.08 bits per heavy atom. The Kier molecular flexibility index (Phi) is 5.73. The molecule has 1 saturated heterocycles. The van der Waals surface area contributed by atoms with Gasteiger partial charge in [-0.05, 0) is 30.7 Å². The zero-order valence-corrected chi connectivity index (χ0v) is 15.4. The second-order valence-corrected chi connectivity index (χ2v) is 6.50. The lowest BCUT2D eigenvalue weighted by molar-refractivity contribution is 0.0765. The minimum atomic E-state index is -0.269. The highest BCUT2D eigenvalue weighted by Gasteiger charge is 2.21. The van der Waals surface area contributed by atoms with Crippen LogP contribution in [0, 0.1) is 0 Å². The van der Waals surface area contributed by atoms with Crippen LogP contribution < -0.4 is 10.2 Å². The van der Waals surface area contributed by atoms with E-state index < -0.39 is 0 Å². The van der Waals surface area contributed by atoms with E-state index in [0.717, 1.165) is 30.2 Å². The molecule has 1 aromatic heterocycles. The highest BCUT2D eigenvalue weighted by Crippen LogP contribution is 2.26. The number of nitrogens with one attached hydrogen (secondary N) is 1. The van der Waals surface area contributed by atoms with Crippen LogP contribution in [0.4, 0.5) is 5.69 Å². The molecule has 0 saturated carbocycles. The van der Waals surface area contributed by atoms with Gasteiger partial charge in [0.2, 0.25) is 0 Å². The average molecular weight is 373 g/mol.